The maximum atomic E-state index is 6.48. The Hall–Kier alpha value is -0.410. The van der Waals surface area contributed by atoms with Crippen molar-refractivity contribution in [3.05, 3.63) is 22.7 Å². The summed E-state index contributed by atoms with van der Waals surface area (Å²) in [4.78, 5) is 0.266. The van der Waals surface area contributed by atoms with Crippen LogP contribution in [0.1, 0.15) is 49.4 Å². The molecule has 0 amide bonds. The van der Waals surface area contributed by atoms with Crippen LogP contribution in [-0.2, 0) is 0 Å². The fourth-order valence-corrected chi connectivity index (χ4v) is 4.44. The van der Waals surface area contributed by atoms with Crippen molar-refractivity contribution in [2.45, 2.75) is 43.9 Å². The Labute approximate surface area is 133 Å². The molecule has 2 aliphatic rings. The fraction of sp³-hybridized carbons (Fsp3) is 0.625. The molecule has 0 N–H and O–H groups in total. The fourth-order valence-electron chi connectivity index (χ4n) is 3.21. The molecule has 0 saturated heterocycles. The van der Waals surface area contributed by atoms with Gasteiger partial charge >= 0.3 is 0 Å². The number of alkyl halides is 1. The van der Waals surface area contributed by atoms with Crippen LogP contribution in [0, 0.1) is 5.41 Å². The number of ether oxygens (including phenoxy) is 2. The van der Waals surface area contributed by atoms with Crippen molar-refractivity contribution in [2.24, 2.45) is 5.41 Å². The van der Waals surface area contributed by atoms with Gasteiger partial charge in [-0.2, -0.15) is 0 Å². The van der Waals surface area contributed by atoms with Gasteiger partial charge in [-0.05, 0) is 29.9 Å². The van der Waals surface area contributed by atoms with E-state index in [1.54, 1.807) is 0 Å². The summed E-state index contributed by atoms with van der Waals surface area (Å²) in [6, 6.07) is 3.97. The van der Waals surface area contributed by atoms with Gasteiger partial charge in [-0.3, -0.25) is 0 Å². The van der Waals surface area contributed by atoms with E-state index in [0.717, 1.165) is 28.5 Å². The zero-order valence-corrected chi connectivity index (χ0v) is 14.1. The van der Waals surface area contributed by atoms with Crippen molar-refractivity contribution in [1.29, 1.82) is 0 Å². The lowest BCUT2D eigenvalue weighted by atomic mass is 9.82. The van der Waals surface area contributed by atoms with E-state index in [9.17, 15) is 0 Å². The van der Waals surface area contributed by atoms with E-state index in [1.807, 2.05) is 6.07 Å². The first-order chi connectivity index (χ1) is 9.60. The minimum Gasteiger partial charge on any atom is -0.490 e. The molecule has 1 atom stereocenters. The van der Waals surface area contributed by atoms with E-state index in [0.29, 0.717) is 13.2 Å². The molecule has 1 aliphatic heterocycles. The summed E-state index contributed by atoms with van der Waals surface area (Å²) in [6.07, 6.45) is 6.01. The van der Waals surface area contributed by atoms with Crippen LogP contribution in [0.5, 0.6) is 11.5 Å². The summed E-state index contributed by atoms with van der Waals surface area (Å²) >= 11 is 10.4. The van der Waals surface area contributed by atoms with Gasteiger partial charge in [0.2, 0.25) is 0 Å². The van der Waals surface area contributed by atoms with Crippen LogP contribution in [0.3, 0.4) is 0 Å². The number of rotatable bonds is 2. The van der Waals surface area contributed by atoms with E-state index in [2.05, 4.69) is 28.9 Å². The minimum absolute atomic E-state index is 0.266. The lowest BCUT2D eigenvalue weighted by Crippen LogP contribution is -2.18. The summed E-state index contributed by atoms with van der Waals surface area (Å²) in [5, 5.41) is 0.768. The first-order valence-corrected chi connectivity index (χ1v) is 8.63. The molecular formula is C16H20BrClO2. The number of fused-ring (bicyclic) bond motifs is 1. The van der Waals surface area contributed by atoms with Gasteiger partial charge in [0, 0.05) is 22.3 Å². The van der Waals surface area contributed by atoms with E-state index in [-0.39, 0.29) is 10.2 Å². The molecule has 0 spiro atoms. The van der Waals surface area contributed by atoms with Gasteiger partial charge < -0.3 is 9.47 Å². The molecule has 1 saturated carbocycles. The van der Waals surface area contributed by atoms with Crippen LogP contribution in [-0.4, -0.2) is 13.2 Å². The zero-order chi connectivity index (χ0) is 14.2. The van der Waals surface area contributed by atoms with E-state index >= 15 is 0 Å². The molecule has 1 aliphatic carbocycles. The molecule has 0 aromatic heterocycles. The zero-order valence-electron chi connectivity index (χ0n) is 11.8. The highest BCUT2D eigenvalue weighted by molar-refractivity contribution is 9.09. The van der Waals surface area contributed by atoms with E-state index in [4.69, 9.17) is 21.1 Å². The van der Waals surface area contributed by atoms with Gasteiger partial charge in [0.15, 0.2) is 11.5 Å². The van der Waals surface area contributed by atoms with Gasteiger partial charge in [0.05, 0.1) is 13.2 Å². The summed E-state index contributed by atoms with van der Waals surface area (Å²) < 4.78 is 11.5. The molecule has 1 heterocycles. The Balaban J connectivity index is 1.95. The van der Waals surface area contributed by atoms with Gasteiger partial charge in [0.25, 0.3) is 0 Å². The first kappa shape index (κ1) is 14.5. The van der Waals surface area contributed by atoms with Crippen molar-refractivity contribution >= 4 is 27.5 Å². The number of benzene rings is 1. The van der Waals surface area contributed by atoms with Crippen molar-refractivity contribution in [2.75, 3.05) is 13.2 Å². The standard InChI is InChI=1S/C16H20BrClO2/c1-16(5-2-3-6-16)15(17)11-9-13-14(10-12(11)18)20-8-4-7-19-13/h9-10,15H,2-8H2,1H3. The van der Waals surface area contributed by atoms with Crippen molar-refractivity contribution in [3.63, 3.8) is 0 Å². The lowest BCUT2D eigenvalue weighted by molar-refractivity contribution is 0.296. The molecule has 20 heavy (non-hydrogen) atoms. The van der Waals surface area contributed by atoms with Crippen LogP contribution in [0.4, 0.5) is 0 Å². The molecule has 2 nitrogen and oxygen atoms in total. The predicted molar refractivity (Wildman–Crippen MR) is 85.3 cm³/mol. The largest absolute Gasteiger partial charge is 0.490 e. The molecule has 1 unspecified atom stereocenters. The monoisotopic (exact) mass is 358 g/mol. The van der Waals surface area contributed by atoms with Gasteiger partial charge in [-0.15, -0.1) is 0 Å². The smallest absolute Gasteiger partial charge is 0.162 e. The average molecular weight is 360 g/mol. The molecule has 1 aromatic carbocycles. The van der Waals surface area contributed by atoms with Crippen LogP contribution in [0.15, 0.2) is 12.1 Å². The minimum atomic E-state index is 0.266. The van der Waals surface area contributed by atoms with E-state index < -0.39 is 0 Å². The summed E-state index contributed by atoms with van der Waals surface area (Å²) in [7, 11) is 0. The maximum absolute atomic E-state index is 6.48. The third kappa shape index (κ3) is 2.67. The van der Waals surface area contributed by atoms with Crippen LogP contribution < -0.4 is 9.47 Å². The Morgan fingerprint density at radius 2 is 1.70 bits per heavy atom. The third-order valence-corrected chi connectivity index (χ3v) is 6.42. The Morgan fingerprint density at radius 3 is 2.35 bits per heavy atom. The van der Waals surface area contributed by atoms with Crippen LogP contribution >= 0.6 is 27.5 Å². The molecule has 3 rings (SSSR count). The number of hydrogen-bond acceptors (Lipinski definition) is 2. The normalized spacial score (nSPS) is 22.4. The Morgan fingerprint density at radius 1 is 1.10 bits per heavy atom. The topological polar surface area (TPSA) is 18.5 Å². The Kier molecular flexibility index (Phi) is 4.19. The average Bonchev–Trinajstić information content (AvgIpc) is 2.75. The summed E-state index contributed by atoms with van der Waals surface area (Å²) in [6.45, 7) is 3.75. The summed E-state index contributed by atoms with van der Waals surface area (Å²) in [5.74, 6) is 1.60. The molecule has 1 aromatic rings. The van der Waals surface area contributed by atoms with Gasteiger partial charge in [-0.25, -0.2) is 0 Å². The second kappa shape index (κ2) is 5.76. The highest BCUT2D eigenvalue weighted by atomic mass is 79.9. The summed E-state index contributed by atoms with van der Waals surface area (Å²) in [5.41, 5.74) is 1.41. The van der Waals surface area contributed by atoms with Crippen molar-refractivity contribution in [3.8, 4) is 11.5 Å². The van der Waals surface area contributed by atoms with Crippen LogP contribution in [0.2, 0.25) is 5.02 Å². The second-order valence-corrected chi connectivity index (χ2v) is 7.42. The molecule has 0 radical (unpaired) electrons. The Bertz CT molecular complexity index is 497. The van der Waals surface area contributed by atoms with Crippen LogP contribution in [0.25, 0.3) is 0 Å². The van der Waals surface area contributed by atoms with Gasteiger partial charge in [-0.1, -0.05) is 47.3 Å². The molecule has 110 valence electrons. The third-order valence-electron chi connectivity index (χ3n) is 4.50. The molecule has 0 bridgehead atoms. The van der Waals surface area contributed by atoms with E-state index in [1.165, 1.54) is 25.7 Å². The first-order valence-electron chi connectivity index (χ1n) is 7.33. The van der Waals surface area contributed by atoms with Crippen molar-refractivity contribution < 1.29 is 9.47 Å². The SMILES string of the molecule is CC1(C(Br)c2cc3c(cc2Cl)OCCCO3)CCCC1. The van der Waals surface area contributed by atoms with Gasteiger partial charge in [0.1, 0.15) is 0 Å². The highest BCUT2D eigenvalue weighted by Gasteiger charge is 2.37. The second-order valence-electron chi connectivity index (χ2n) is 6.09. The quantitative estimate of drug-likeness (QED) is 0.647. The number of hydrogen-bond donors (Lipinski definition) is 0. The maximum Gasteiger partial charge on any atom is 0.162 e. The molecule has 1 fully saturated rings. The lowest BCUT2D eigenvalue weighted by Gasteiger charge is -2.31. The molecule has 4 heteroatoms. The molecular weight excluding hydrogens is 340 g/mol. The number of halogens is 2. The van der Waals surface area contributed by atoms with Crippen molar-refractivity contribution in [1.82, 2.24) is 0 Å². The highest BCUT2D eigenvalue weighted by Crippen LogP contribution is 2.54. The predicted octanol–water partition coefficient (Wildman–Crippen LogP) is 5.52.